The Balaban J connectivity index is 1.70. The van der Waals surface area contributed by atoms with Crippen molar-refractivity contribution in [2.24, 2.45) is 5.92 Å². The molecule has 1 aromatic heterocycles. The number of likely N-dealkylation sites (tertiary alicyclic amines) is 1. The summed E-state index contributed by atoms with van der Waals surface area (Å²) in [6, 6.07) is 7.82. The fourth-order valence-electron chi connectivity index (χ4n) is 2.76. The zero-order valence-corrected chi connectivity index (χ0v) is 13.6. The number of benzene rings is 1. The van der Waals surface area contributed by atoms with Crippen molar-refractivity contribution in [3.05, 3.63) is 40.6 Å². The van der Waals surface area contributed by atoms with Gasteiger partial charge in [0.05, 0.1) is 23.5 Å². The first-order chi connectivity index (χ1) is 10.6. The van der Waals surface area contributed by atoms with Gasteiger partial charge in [-0.05, 0) is 47.4 Å². The van der Waals surface area contributed by atoms with Gasteiger partial charge in [-0.25, -0.2) is 4.68 Å². The van der Waals surface area contributed by atoms with Crippen molar-refractivity contribution in [1.82, 2.24) is 19.9 Å². The van der Waals surface area contributed by atoms with Crippen molar-refractivity contribution in [2.45, 2.75) is 19.4 Å². The van der Waals surface area contributed by atoms with Gasteiger partial charge in [-0.2, -0.15) is 0 Å². The summed E-state index contributed by atoms with van der Waals surface area (Å²) in [5.41, 5.74) is 1.78. The van der Waals surface area contributed by atoms with E-state index in [1.54, 1.807) is 4.68 Å². The molecule has 1 N–H and O–H groups in total. The number of aliphatic carboxylic acids is 1. The van der Waals surface area contributed by atoms with E-state index in [9.17, 15) is 4.79 Å². The highest BCUT2D eigenvalue weighted by Crippen LogP contribution is 2.21. The minimum atomic E-state index is -0.707. The predicted octanol–water partition coefficient (Wildman–Crippen LogP) is 2.33. The molecule has 22 heavy (non-hydrogen) atoms. The smallest absolute Gasteiger partial charge is 0.307 e. The van der Waals surface area contributed by atoms with Crippen LogP contribution in [-0.4, -0.2) is 44.1 Å². The summed E-state index contributed by atoms with van der Waals surface area (Å²) in [6.07, 6.45) is 3.56. The highest BCUT2D eigenvalue weighted by Gasteiger charge is 2.25. The monoisotopic (exact) mass is 364 g/mol. The number of hydrogen-bond donors (Lipinski definition) is 1. The molecule has 1 aliphatic heterocycles. The summed E-state index contributed by atoms with van der Waals surface area (Å²) in [4.78, 5) is 13.3. The Morgan fingerprint density at radius 3 is 3.00 bits per heavy atom. The van der Waals surface area contributed by atoms with E-state index >= 15 is 0 Å². The number of rotatable bonds is 4. The zero-order valence-electron chi connectivity index (χ0n) is 12.0. The van der Waals surface area contributed by atoms with Gasteiger partial charge in [0.15, 0.2) is 0 Å². The SMILES string of the molecule is O=C(O)C1CCCN(Cc2cn(-c3ccccc3Br)nn2)C1. The van der Waals surface area contributed by atoms with E-state index in [4.69, 9.17) is 5.11 Å². The summed E-state index contributed by atoms with van der Waals surface area (Å²) in [5, 5.41) is 17.5. The first kappa shape index (κ1) is 15.2. The van der Waals surface area contributed by atoms with Gasteiger partial charge in [-0.15, -0.1) is 5.10 Å². The number of carboxylic acid groups (broad SMARTS) is 1. The largest absolute Gasteiger partial charge is 0.481 e. The summed E-state index contributed by atoms with van der Waals surface area (Å²) >= 11 is 3.50. The summed E-state index contributed by atoms with van der Waals surface area (Å²) in [5.74, 6) is -0.978. The quantitative estimate of drug-likeness (QED) is 0.901. The van der Waals surface area contributed by atoms with Crippen molar-refractivity contribution in [2.75, 3.05) is 13.1 Å². The summed E-state index contributed by atoms with van der Waals surface area (Å²) < 4.78 is 2.69. The van der Waals surface area contributed by atoms with Crippen molar-refractivity contribution in [3.8, 4) is 5.69 Å². The van der Waals surface area contributed by atoms with E-state index in [0.717, 1.165) is 35.2 Å². The molecule has 0 amide bonds. The van der Waals surface area contributed by atoms with E-state index < -0.39 is 5.97 Å². The Kier molecular flexibility index (Phi) is 4.54. The Bertz CT molecular complexity index is 673. The molecule has 1 saturated heterocycles. The van der Waals surface area contributed by atoms with Crippen LogP contribution in [0.4, 0.5) is 0 Å². The van der Waals surface area contributed by atoms with Gasteiger partial charge in [-0.1, -0.05) is 17.3 Å². The molecule has 0 radical (unpaired) electrons. The molecule has 0 aliphatic carbocycles. The number of piperidine rings is 1. The van der Waals surface area contributed by atoms with Crippen LogP contribution in [-0.2, 0) is 11.3 Å². The molecular formula is C15H17BrN4O2. The molecule has 2 heterocycles. The molecule has 1 aromatic carbocycles. The van der Waals surface area contributed by atoms with Crippen molar-refractivity contribution in [3.63, 3.8) is 0 Å². The van der Waals surface area contributed by atoms with Gasteiger partial charge in [0, 0.05) is 17.6 Å². The second kappa shape index (κ2) is 6.58. The fraction of sp³-hybridized carbons (Fsp3) is 0.400. The Morgan fingerprint density at radius 2 is 2.23 bits per heavy atom. The van der Waals surface area contributed by atoms with E-state index in [2.05, 4.69) is 31.1 Å². The molecule has 1 atom stereocenters. The van der Waals surface area contributed by atoms with Gasteiger partial charge in [-0.3, -0.25) is 9.69 Å². The molecule has 3 rings (SSSR count). The molecule has 0 saturated carbocycles. The minimum Gasteiger partial charge on any atom is -0.481 e. The van der Waals surface area contributed by atoms with Gasteiger partial charge in [0.25, 0.3) is 0 Å². The first-order valence-corrected chi connectivity index (χ1v) is 8.04. The molecule has 1 unspecified atom stereocenters. The lowest BCUT2D eigenvalue weighted by Gasteiger charge is -2.29. The molecule has 1 aliphatic rings. The first-order valence-electron chi connectivity index (χ1n) is 7.25. The number of aromatic nitrogens is 3. The zero-order chi connectivity index (χ0) is 15.5. The molecule has 1 fully saturated rings. The molecule has 7 heteroatoms. The van der Waals surface area contributed by atoms with Crippen molar-refractivity contribution < 1.29 is 9.90 Å². The Labute approximate surface area is 136 Å². The van der Waals surface area contributed by atoms with Gasteiger partial charge in [0.1, 0.15) is 0 Å². The fourth-order valence-corrected chi connectivity index (χ4v) is 3.22. The minimum absolute atomic E-state index is 0.271. The maximum absolute atomic E-state index is 11.1. The van der Waals surface area contributed by atoms with Crippen molar-refractivity contribution >= 4 is 21.9 Å². The van der Waals surface area contributed by atoms with Crippen LogP contribution in [0.2, 0.25) is 0 Å². The Hall–Kier alpha value is -1.73. The lowest BCUT2D eigenvalue weighted by molar-refractivity contribution is -0.143. The highest BCUT2D eigenvalue weighted by atomic mass is 79.9. The van der Waals surface area contributed by atoms with Crippen LogP contribution in [0.25, 0.3) is 5.69 Å². The third kappa shape index (κ3) is 3.36. The number of carboxylic acids is 1. The molecule has 0 bridgehead atoms. The number of halogens is 1. The van der Waals surface area contributed by atoms with Crippen LogP contribution in [0.5, 0.6) is 0 Å². The van der Waals surface area contributed by atoms with Crippen LogP contribution < -0.4 is 0 Å². The van der Waals surface area contributed by atoms with Crippen LogP contribution in [0.15, 0.2) is 34.9 Å². The molecule has 6 nitrogen and oxygen atoms in total. The molecule has 0 spiro atoms. The van der Waals surface area contributed by atoms with E-state index in [0.29, 0.717) is 13.1 Å². The van der Waals surface area contributed by atoms with Crippen LogP contribution in [0.3, 0.4) is 0 Å². The van der Waals surface area contributed by atoms with Gasteiger partial charge < -0.3 is 5.11 Å². The van der Waals surface area contributed by atoms with Crippen LogP contribution >= 0.6 is 15.9 Å². The third-order valence-electron chi connectivity index (χ3n) is 3.88. The lowest BCUT2D eigenvalue weighted by Crippen LogP contribution is -2.38. The number of hydrogen-bond acceptors (Lipinski definition) is 4. The van der Waals surface area contributed by atoms with Crippen LogP contribution in [0.1, 0.15) is 18.5 Å². The highest BCUT2D eigenvalue weighted by molar-refractivity contribution is 9.10. The maximum Gasteiger partial charge on any atom is 0.307 e. The molecule has 116 valence electrons. The molecule has 2 aromatic rings. The number of para-hydroxylation sites is 1. The second-order valence-electron chi connectivity index (χ2n) is 5.52. The Morgan fingerprint density at radius 1 is 1.41 bits per heavy atom. The standard InChI is InChI=1S/C15H17BrN4O2/c16-13-5-1-2-6-14(13)20-10-12(17-18-20)9-19-7-3-4-11(8-19)15(21)22/h1-2,5-6,10-11H,3-4,7-9H2,(H,21,22). The summed E-state index contributed by atoms with van der Waals surface area (Å²) in [7, 11) is 0. The second-order valence-corrected chi connectivity index (χ2v) is 6.37. The van der Waals surface area contributed by atoms with Gasteiger partial charge >= 0.3 is 5.97 Å². The average Bonchev–Trinajstić information content (AvgIpc) is 2.96. The maximum atomic E-state index is 11.1. The third-order valence-corrected chi connectivity index (χ3v) is 4.55. The van der Waals surface area contributed by atoms with E-state index in [1.807, 2.05) is 30.5 Å². The number of carbonyl (C=O) groups is 1. The molecular weight excluding hydrogens is 348 g/mol. The van der Waals surface area contributed by atoms with E-state index in [-0.39, 0.29) is 5.92 Å². The predicted molar refractivity (Wildman–Crippen MR) is 84.7 cm³/mol. The average molecular weight is 365 g/mol. The van der Waals surface area contributed by atoms with Gasteiger partial charge in [0.2, 0.25) is 0 Å². The summed E-state index contributed by atoms with van der Waals surface area (Å²) in [6.45, 7) is 2.12. The lowest BCUT2D eigenvalue weighted by atomic mass is 9.98. The number of nitrogens with zero attached hydrogens (tertiary/aromatic N) is 4. The normalized spacial score (nSPS) is 19.2. The topological polar surface area (TPSA) is 71.2 Å². The van der Waals surface area contributed by atoms with Crippen LogP contribution in [0, 0.1) is 5.92 Å². The van der Waals surface area contributed by atoms with Crippen molar-refractivity contribution in [1.29, 1.82) is 0 Å². The van der Waals surface area contributed by atoms with E-state index in [1.165, 1.54) is 0 Å².